The first-order chi connectivity index (χ1) is 13.0. The molecule has 0 saturated carbocycles. The third-order valence-corrected chi connectivity index (χ3v) is 4.71. The number of anilines is 1. The van der Waals surface area contributed by atoms with Gasteiger partial charge in [-0.15, -0.1) is 12.4 Å². The summed E-state index contributed by atoms with van der Waals surface area (Å²) in [6.07, 6.45) is 1.90. The Morgan fingerprint density at radius 3 is 2.43 bits per heavy atom. The lowest BCUT2D eigenvalue weighted by molar-refractivity contribution is -0.120. The molecular formula is C19H24ClN3O5. The van der Waals surface area contributed by atoms with Crippen molar-refractivity contribution in [3.05, 3.63) is 41.9 Å². The van der Waals surface area contributed by atoms with E-state index in [1.165, 1.54) is 11.2 Å². The first-order valence-corrected chi connectivity index (χ1v) is 8.57. The number of benzene rings is 1. The lowest BCUT2D eigenvalue weighted by atomic mass is 10.2. The molecule has 1 unspecified atom stereocenters. The molecule has 0 spiro atoms. The minimum atomic E-state index is -0.550. The van der Waals surface area contributed by atoms with Gasteiger partial charge in [-0.05, 0) is 12.5 Å². The number of nitrogens with two attached hydrogens (primary N) is 1. The highest BCUT2D eigenvalue weighted by Crippen LogP contribution is 2.32. The molecule has 152 valence electrons. The van der Waals surface area contributed by atoms with Crippen molar-refractivity contribution < 1.29 is 23.5 Å². The number of rotatable bonds is 6. The standard InChI is InChI=1S/C19H23N3O5.ClH/c1-21(18(23)12-6-16(10-20)27-11-12)17-4-5-22(19(17)24)13-7-14(25-2)9-15(8-13)26-3;/h6-9,11,17H,4-5,10,20H2,1-3H3;1H. The predicted octanol–water partition coefficient (Wildman–Crippen LogP) is 2.05. The molecule has 1 saturated heterocycles. The molecule has 28 heavy (non-hydrogen) atoms. The molecule has 1 aliphatic rings. The molecule has 1 atom stereocenters. The Kier molecular flexibility index (Phi) is 6.93. The topological polar surface area (TPSA) is 98.2 Å². The minimum Gasteiger partial charge on any atom is -0.497 e. The van der Waals surface area contributed by atoms with E-state index in [1.54, 1.807) is 50.4 Å². The fraction of sp³-hybridized carbons (Fsp3) is 0.368. The highest BCUT2D eigenvalue weighted by molar-refractivity contribution is 6.04. The van der Waals surface area contributed by atoms with Crippen LogP contribution in [0.5, 0.6) is 11.5 Å². The molecule has 2 aromatic rings. The second-order valence-corrected chi connectivity index (χ2v) is 6.29. The SMILES string of the molecule is COc1cc(OC)cc(N2CCC(N(C)C(=O)c3coc(CN)c3)C2=O)c1.Cl. The van der Waals surface area contributed by atoms with Crippen LogP contribution in [0, 0.1) is 0 Å². The van der Waals surface area contributed by atoms with Gasteiger partial charge in [-0.2, -0.15) is 0 Å². The number of amides is 2. The zero-order valence-corrected chi connectivity index (χ0v) is 16.8. The molecule has 1 aromatic carbocycles. The van der Waals surface area contributed by atoms with Crippen molar-refractivity contribution in [2.75, 3.05) is 32.7 Å². The van der Waals surface area contributed by atoms with Crippen LogP contribution in [-0.4, -0.2) is 50.6 Å². The summed E-state index contributed by atoms with van der Waals surface area (Å²) < 4.78 is 15.8. The van der Waals surface area contributed by atoms with Crippen LogP contribution in [-0.2, 0) is 11.3 Å². The summed E-state index contributed by atoms with van der Waals surface area (Å²) in [5.41, 5.74) is 6.57. The van der Waals surface area contributed by atoms with Crippen molar-refractivity contribution in [2.24, 2.45) is 5.73 Å². The largest absolute Gasteiger partial charge is 0.497 e. The van der Waals surface area contributed by atoms with Gasteiger partial charge >= 0.3 is 0 Å². The highest BCUT2D eigenvalue weighted by atomic mass is 35.5. The van der Waals surface area contributed by atoms with Crippen LogP contribution in [0.25, 0.3) is 0 Å². The van der Waals surface area contributed by atoms with Crippen molar-refractivity contribution in [1.29, 1.82) is 0 Å². The Hall–Kier alpha value is -2.71. The lowest BCUT2D eigenvalue weighted by Gasteiger charge is -2.24. The Morgan fingerprint density at radius 2 is 1.89 bits per heavy atom. The molecule has 2 N–H and O–H groups in total. The smallest absolute Gasteiger partial charge is 0.257 e. The van der Waals surface area contributed by atoms with Crippen LogP contribution in [0.3, 0.4) is 0 Å². The molecule has 1 aromatic heterocycles. The molecule has 1 aliphatic heterocycles. The number of carbonyl (C=O) groups is 2. The molecule has 1 fully saturated rings. The Bertz CT molecular complexity index is 832. The van der Waals surface area contributed by atoms with E-state index >= 15 is 0 Å². The molecule has 9 heteroatoms. The van der Waals surface area contributed by atoms with Crippen molar-refractivity contribution in [3.8, 4) is 11.5 Å². The van der Waals surface area contributed by atoms with Gasteiger partial charge in [0.2, 0.25) is 5.91 Å². The van der Waals surface area contributed by atoms with Crippen LogP contribution < -0.4 is 20.1 Å². The molecule has 0 bridgehead atoms. The van der Waals surface area contributed by atoms with E-state index in [9.17, 15) is 9.59 Å². The van der Waals surface area contributed by atoms with Crippen molar-refractivity contribution >= 4 is 29.9 Å². The van der Waals surface area contributed by atoms with E-state index in [1.807, 2.05) is 0 Å². The summed E-state index contributed by atoms with van der Waals surface area (Å²) in [4.78, 5) is 28.7. The monoisotopic (exact) mass is 409 g/mol. The first kappa shape index (κ1) is 21.6. The minimum absolute atomic E-state index is 0. The van der Waals surface area contributed by atoms with Gasteiger partial charge in [-0.25, -0.2) is 0 Å². The number of carbonyl (C=O) groups excluding carboxylic acids is 2. The highest BCUT2D eigenvalue weighted by Gasteiger charge is 2.38. The third-order valence-electron chi connectivity index (χ3n) is 4.71. The van der Waals surface area contributed by atoms with Crippen LogP contribution in [0.15, 0.2) is 34.9 Å². The lowest BCUT2D eigenvalue weighted by Crippen LogP contribution is -2.42. The van der Waals surface area contributed by atoms with E-state index in [0.29, 0.717) is 41.5 Å². The zero-order chi connectivity index (χ0) is 19.6. The van der Waals surface area contributed by atoms with Gasteiger partial charge in [-0.3, -0.25) is 9.59 Å². The number of nitrogens with zero attached hydrogens (tertiary/aromatic N) is 2. The van der Waals surface area contributed by atoms with E-state index in [0.717, 1.165) is 0 Å². The number of ether oxygens (including phenoxy) is 2. The Labute approximate surface area is 169 Å². The van der Waals surface area contributed by atoms with Crippen LogP contribution >= 0.6 is 12.4 Å². The maximum atomic E-state index is 13.0. The average Bonchev–Trinajstić information content (AvgIpc) is 3.33. The summed E-state index contributed by atoms with van der Waals surface area (Å²) in [6.45, 7) is 0.710. The summed E-state index contributed by atoms with van der Waals surface area (Å²) in [5.74, 6) is 1.29. The normalized spacial score (nSPS) is 15.9. The summed E-state index contributed by atoms with van der Waals surface area (Å²) >= 11 is 0. The molecule has 2 amide bonds. The number of furan rings is 1. The van der Waals surface area contributed by atoms with E-state index in [2.05, 4.69) is 0 Å². The van der Waals surface area contributed by atoms with E-state index in [4.69, 9.17) is 19.6 Å². The molecule has 0 radical (unpaired) electrons. The Balaban J connectivity index is 0.00000280. The van der Waals surface area contributed by atoms with Gasteiger partial charge in [-0.1, -0.05) is 0 Å². The maximum Gasteiger partial charge on any atom is 0.257 e. The van der Waals surface area contributed by atoms with Gasteiger partial charge in [0.05, 0.1) is 32.0 Å². The number of likely N-dealkylation sites (N-methyl/N-ethyl adjacent to an activating group) is 1. The fourth-order valence-electron chi connectivity index (χ4n) is 3.17. The predicted molar refractivity (Wildman–Crippen MR) is 106 cm³/mol. The summed E-state index contributed by atoms with van der Waals surface area (Å²) in [5, 5.41) is 0. The second kappa shape index (κ2) is 8.99. The van der Waals surface area contributed by atoms with Gasteiger partial charge in [0.1, 0.15) is 29.6 Å². The third kappa shape index (κ3) is 4.07. The van der Waals surface area contributed by atoms with Crippen molar-refractivity contribution in [3.63, 3.8) is 0 Å². The van der Waals surface area contributed by atoms with Crippen molar-refractivity contribution in [2.45, 2.75) is 19.0 Å². The van der Waals surface area contributed by atoms with Gasteiger partial charge in [0.15, 0.2) is 0 Å². The number of halogens is 1. The summed E-state index contributed by atoms with van der Waals surface area (Å²) in [7, 11) is 4.73. The fourth-order valence-corrected chi connectivity index (χ4v) is 3.17. The van der Waals surface area contributed by atoms with Crippen LogP contribution in [0.1, 0.15) is 22.5 Å². The molecule has 3 rings (SSSR count). The molecule has 2 heterocycles. The van der Waals surface area contributed by atoms with E-state index < -0.39 is 6.04 Å². The van der Waals surface area contributed by atoms with Gasteiger partial charge in [0, 0.05) is 31.8 Å². The maximum absolute atomic E-state index is 13.0. The Morgan fingerprint density at radius 1 is 1.25 bits per heavy atom. The molecule has 0 aliphatic carbocycles. The summed E-state index contributed by atoms with van der Waals surface area (Å²) in [6, 6.07) is 6.34. The van der Waals surface area contributed by atoms with Crippen LogP contribution in [0.4, 0.5) is 5.69 Å². The number of hydrogen-bond acceptors (Lipinski definition) is 6. The average molecular weight is 410 g/mol. The zero-order valence-electron chi connectivity index (χ0n) is 16.0. The van der Waals surface area contributed by atoms with Crippen molar-refractivity contribution in [1.82, 2.24) is 4.90 Å². The number of hydrogen-bond donors (Lipinski definition) is 1. The van der Waals surface area contributed by atoms with E-state index in [-0.39, 0.29) is 30.8 Å². The van der Waals surface area contributed by atoms with Gasteiger partial charge in [0.25, 0.3) is 5.91 Å². The quantitative estimate of drug-likeness (QED) is 0.784. The molecule has 8 nitrogen and oxygen atoms in total. The first-order valence-electron chi connectivity index (χ1n) is 8.57. The molecular weight excluding hydrogens is 386 g/mol. The van der Waals surface area contributed by atoms with Gasteiger partial charge < -0.3 is 29.4 Å². The van der Waals surface area contributed by atoms with Crippen LogP contribution in [0.2, 0.25) is 0 Å². The number of methoxy groups -OCH3 is 2. The second-order valence-electron chi connectivity index (χ2n) is 6.29.